The molecule has 2 aromatic carbocycles. The fourth-order valence-electron chi connectivity index (χ4n) is 4.01. The molecule has 0 atom stereocenters. The van der Waals surface area contributed by atoms with Gasteiger partial charge < -0.3 is 10.3 Å². The number of hydrogen-bond donors (Lipinski definition) is 2. The van der Waals surface area contributed by atoms with Crippen LogP contribution >= 0.6 is 0 Å². The van der Waals surface area contributed by atoms with Crippen LogP contribution in [0.5, 0.6) is 0 Å². The van der Waals surface area contributed by atoms with Crippen LogP contribution in [0.15, 0.2) is 53.4 Å². The first-order valence-electron chi connectivity index (χ1n) is 9.28. The average Bonchev–Trinajstić information content (AvgIpc) is 3.22. The number of rotatable bonds is 2. The Labute approximate surface area is 168 Å². The lowest BCUT2D eigenvalue weighted by molar-refractivity contribution is -0.110. The number of hydrogen-bond acceptors (Lipinski definition) is 4. The molecule has 5 rings (SSSR count). The van der Waals surface area contributed by atoms with Gasteiger partial charge in [0, 0.05) is 28.2 Å². The monoisotopic (exact) mass is 406 g/mol. The van der Waals surface area contributed by atoms with Gasteiger partial charge in [-0.25, -0.2) is 0 Å². The predicted octanol–water partition coefficient (Wildman–Crippen LogP) is 3.74. The molecule has 0 spiro atoms. The molecule has 1 amide bonds. The SMILES string of the molecule is Cc1cc(-c2ccccc2)c(/C=C2\C(=O)Nc3ccc4c(c32)CCOS4(=O)=O)[nH]1. The number of aromatic amines is 1. The Balaban J connectivity index is 1.71. The fourth-order valence-corrected chi connectivity index (χ4v) is 5.18. The minimum atomic E-state index is -3.80. The number of amides is 1. The van der Waals surface area contributed by atoms with E-state index < -0.39 is 10.1 Å². The molecule has 0 fully saturated rings. The third-order valence-corrected chi connectivity index (χ3v) is 6.65. The second-order valence-electron chi connectivity index (χ2n) is 7.15. The fraction of sp³-hybridized carbons (Fsp3) is 0.136. The Kier molecular flexibility index (Phi) is 3.97. The highest BCUT2D eigenvalue weighted by Crippen LogP contribution is 2.41. The molecule has 2 aliphatic heterocycles. The van der Waals surface area contributed by atoms with Crippen molar-refractivity contribution in [2.24, 2.45) is 0 Å². The van der Waals surface area contributed by atoms with Crippen molar-refractivity contribution in [2.45, 2.75) is 18.2 Å². The Morgan fingerprint density at radius 2 is 1.90 bits per heavy atom. The number of carbonyl (C=O) groups excluding carboxylic acids is 1. The van der Waals surface area contributed by atoms with Crippen LogP contribution in [0.3, 0.4) is 0 Å². The number of aromatic nitrogens is 1. The Hall–Kier alpha value is -3.16. The van der Waals surface area contributed by atoms with Gasteiger partial charge in [-0.1, -0.05) is 30.3 Å². The van der Waals surface area contributed by atoms with Crippen molar-refractivity contribution in [1.82, 2.24) is 4.98 Å². The van der Waals surface area contributed by atoms with Gasteiger partial charge in [-0.05, 0) is 48.7 Å². The first kappa shape index (κ1) is 17.9. The van der Waals surface area contributed by atoms with Crippen molar-refractivity contribution in [3.63, 3.8) is 0 Å². The number of nitrogens with one attached hydrogen (secondary N) is 2. The lowest BCUT2D eigenvalue weighted by atomic mass is 9.96. The van der Waals surface area contributed by atoms with Crippen LogP contribution in [0.2, 0.25) is 0 Å². The van der Waals surface area contributed by atoms with Crippen LogP contribution in [0.1, 0.15) is 22.5 Å². The highest BCUT2D eigenvalue weighted by molar-refractivity contribution is 7.86. The van der Waals surface area contributed by atoms with Gasteiger partial charge in [0.15, 0.2) is 0 Å². The summed E-state index contributed by atoms with van der Waals surface area (Å²) in [5.41, 5.74) is 6.15. The molecule has 7 heteroatoms. The Bertz CT molecular complexity index is 1290. The van der Waals surface area contributed by atoms with E-state index in [-0.39, 0.29) is 17.4 Å². The van der Waals surface area contributed by atoms with E-state index in [1.54, 1.807) is 12.1 Å². The molecule has 0 radical (unpaired) electrons. The minimum absolute atomic E-state index is 0.0735. The summed E-state index contributed by atoms with van der Waals surface area (Å²) in [5, 5.41) is 2.85. The molecule has 1 aromatic heterocycles. The molecule has 3 heterocycles. The zero-order chi connectivity index (χ0) is 20.2. The maximum absolute atomic E-state index is 12.8. The summed E-state index contributed by atoms with van der Waals surface area (Å²) < 4.78 is 29.6. The lowest BCUT2D eigenvalue weighted by Crippen LogP contribution is -2.19. The second kappa shape index (κ2) is 6.43. The van der Waals surface area contributed by atoms with Gasteiger partial charge in [0.1, 0.15) is 0 Å². The summed E-state index contributed by atoms with van der Waals surface area (Å²) >= 11 is 0. The topological polar surface area (TPSA) is 88.3 Å². The Morgan fingerprint density at radius 1 is 1.10 bits per heavy atom. The van der Waals surface area contributed by atoms with Crippen molar-refractivity contribution in [3.05, 3.63) is 71.0 Å². The standard InChI is InChI=1S/C22H18N2O4S/c1-13-11-16(14-5-3-2-4-6-14)19(23-13)12-17-21-15-9-10-28-29(26,27)20(15)8-7-18(21)24-22(17)25/h2-8,11-12,23H,9-10H2,1H3,(H,24,25)/b17-12-. The highest BCUT2D eigenvalue weighted by Gasteiger charge is 2.34. The van der Waals surface area contributed by atoms with Crippen molar-refractivity contribution >= 4 is 33.4 Å². The van der Waals surface area contributed by atoms with Crippen molar-refractivity contribution in [1.29, 1.82) is 0 Å². The first-order valence-corrected chi connectivity index (χ1v) is 10.7. The molecule has 6 nitrogen and oxygen atoms in total. The maximum atomic E-state index is 12.8. The number of carbonyl (C=O) groups is 1. The average molecular weight is 406 g/mol. The Morgan fingerprint density at radius 3 is 2.69 bits per heavy atom. The highest BCUT2D eigenvalue weighted by atomic mass is 32.2. The summed E-state index contributed by atoms with van der Waals surface area (Å²) in [4.78, 5) is 16.2. The van der Waals surface area contributed by atoms with Gasteiger partial charge in [-0.2, -0.15) is 8.42 Å². The van der Waals surface area contributed by atoms with Crippen molar-refractivity contribution in [3.8, 4) is 11.1 Å². The van der Waals surface area contributed by atoms with E-state index in [4.69, 9.17) is 4.18 Å². The molecule has 0 unspecified atom stereocenters. The van der Waals surface area contributed by atoms with E-state index in [1.165, 1.54) is 6.07 Å². The van der Waals surface area contributed by atoms with E-state index in [0.29, 0.717) is 28.8 Å². The van der Waals surface area contributed by atoms with Crippen molar-refractivity contribution < 1.29 is 17.4 Å². The molecule has 0 aliphatic carbocycles. The third-order valence-electron chi connectivity index (χ3n) is 5.25. The molecule has 2 N–H and O–H groups in total. The quantitative estimate of drug-likeness (QED) is 0.501. The number of aryl methyl sites for hydroxylation is 1. The van der Waals surface area contributed by atoms with E-state index in [1.807, 2.05) is 43.3 Å². The zero-order valence-corrected chi connectivity index (χ0v) is 16.5. The summed E-state index contributed by atoms with van der Waals surface area (Å²) in [6.45, 7) is 2.03. The van der Waals surface area contributed by atoms with E-state index >= 15 is 0 Å². The van der Waals surface area contributed by atoms with Crippen LogP contribution in [-0.4, -0.2) is 25.9 Å². The van der Waals surface area contributed by atoms with Gasteiger partial charge in [0.05, 0.1) is 17.1 Å². The van der Waals surface area contributed by atoms with E-state index in [2.05, 4.69) is 10.3 Å². The predicted molar refractivity (Wildman–Crippen MR) is 111 cm³/mol. The molecule has 0 saturated heterocycles. The van der Waals surface area contributed by atoms with Gasteiger partial charge in [0.2, 0.25) is 0 Å². The molecule has 0 bridgehead atoms. The van der Waals surface area contributed by atoms with E-state index in [9.17, 15) is 13.2 Å². The van der Waals surface area contributed by atoms with Gasteiger partial charge in [0.25, 0.3) is 16.0 Å². The summed E-state index contributed by atoms with van der Waals surface area (Å²) in [6, 6.07) is 15.1. The van der Waals surface area contributed by atoms with Crippen LogP contribution in [0.4, 0.5) is 5.69 Å². The second-order valence-corrected chi connectivity index (χ2v) is 8.73. The largest absolute Gasteiger partial charge is 0.359 e. The summed E-state index contributed by atoms with van der Waals surface area (Å²) in [5.74, 6) is -0.247. The number of H-pyrrole nitrogens is 1. The summed E-state index contributed by atoms with van der Waals surface area (Å²) in [6.07, 6.45) is 2.23. The number of fused-ring (bicyclic) bond motifs is 3. The van der Waals surface area contributed by atoms with Crippen LogP contribution in [-0.2, 0) is 25.5 Å². The van der Waals surface area contributed by atoms with Crippen molar-refractivity contribution in [2.75, 3.05) is 11.9 Å². The normalized spacial score (nSPS) is 18.4. The van der Waals surface area contributed by atoms with Gasteiger partial charge in [-0.3, -0.25) is 8.98 Å². The first-order chi connectivity index (χ1) is 13.9. The number of anilines is 1. The van der Waals surface area contributed by atoms with Crippen LogP contribution in [0.25, 0.3) is 22.8 Å². The molecular weight excluding hydrogens is 388 g/mol. The molecule has 2 aliphatic rings. The maximum Gasteiger partial charge on any atom is 0.297 e. The minimum Gasteiger partial charge on any atom is -0.359 e. The summed E-state index contributed by atoms with van der Waals surface area (Å²) in [7, 11) is -3.80. The zero-order valence-electron chi connectivity index (χ0n) is 15.7. The smallest absolute Gasteiger partial charge is 0.297 e. The van der Waals surface area contributed by atoms with Gasteiger partial charge in [-0.15, -0.1) is 0 Å². The van der Waals surface area contributed by atoms with Gasteiger partial charge >= 0.3 is 0 Å². The van der Waals surface area contributed by atoms with Crippen LogP contribution < -0.4 is 5.32 Å². The molecule has 29 heavy (non-hydrogen) atoms. The lowest BCUT2D eigenvalue weighted by Gasteiger charge is -2.19. The molecule has 0 saturated carbocycles. The molecular formula is C22H18N2O4S. The molecule has 3 aromatic rings. The van der Waals surface area contributed by atoms with Crippen LogP contribution in [0, 0.1) is 6.92 Å². The van der Waals surface area contributed by atoms with E-state index in [0.717, 1.165) is 22.5 Å². The third kappa shape index (κ3) is 2.90. The molecule has 146 valence electrons. The number of benzene rings is 2.